The summed E-state index contributed by atoms with van der Waals surface area (Å²) in [6.45, 7) is 1.10. The molecule has 23 heavy (non-hydrogen) atoms. The first kappa shape index (κ1) is 15.1. The Bertz CT molecular complexity index is 699. The number of nitriles is 1. The van der Waals surface area contributed by atoms with E-state index in [1.165, 1.54) is 6.07 Å². The molecular formula is C17H16N2O4. The van der Waals surface area contributed by atoms with Crippen LogP contribution in [0.1, 0.15) is 17.0 Å². The molecule has 1 aromatic heterocycles. The number of amides is 1. The molecule has 6 nitrogen and oxygen atoms in total. The van der Waals surface area contributed by atoms with E-state index in [1.54, 1.807) is 18.2 Å². The predicted molar refractivity (Wildman–Crippen MR) is 81.0 cm³/mol. The third-order valence-corrected chi connectivity index (χ3v) is 3.63. The van der Waals surface area contributed by atoms with Gasteiger partial charge in [0, 0.05) is 18.6 Å². The van der Waals surface area contributed by atoms with Gasteiger partial charge in [0.1, 0.15) is 11.8 Å². The minimum atomic E-state index is -0.589. The van der Waals surface area contributed by atoms with Crippen LogP contribution in [0.15, 0.2) is 46.9 Å². The van der Waals surface area contributed by atoms with Crippen LogP contribution in [0, 0.1) is 17.2 Å². The number of carbonyl (C=O) groups excluding carboxylic acids is 1. The smallest absolute Gasteiger partial charge is 0.290 e. The summed E-state index contributed by atoms with van der Waals surface area (Å²) in [7, 11) is 0. The SMILES string of the molecule is N#CC(NC(=O)c1ccc(Oc2ccccc2)o1)C1CCOC1. The molecule has 6 heteroatoms. The van der Waals surface area contributed by atoms with E-state index in [1.807, 2.05) is 18.2 Å². The van der Waals surface area contributed by atoms with Gasteiger partial charge in [-0.25, -0.2) is 0 Å². The maximum atomic E-state index is 12.2. The van der Waals surface area contributed by atoms with Gasteiger partial charge in [-0.1, -0.05) is 18.2 Å². The molecule has 1 aliphatic heterocycles. The third-order valence-electron chi connectivity index (χ3n) is 3.63. The molecule has 118 valence electrons. The summed E-state index contributed by atoms with van der Waals surface area (Å²) in [5, 5.41) is 11.9. The van der Waals surface area contributed by atoms with Gasteiger partial charge in [-0.3, -0.25) is 4.79 Å². The van der Waals surface area contributed by atoms with Gasteiger partial charge in [-0.15, -0.1) is 0 Å². The number of rotatable bonds is 5. The molecule has 0 saturated carbocycles. The molecule has 1 N–H and O–H groups in total. The lowest BCUT2D eigenvalue weighted by molar-refractivity contribution is 0.0898. The van der Waals surface area contributed by atoms with Gasteiger partial charge in [-0.2, -0.15) is 5.26 Å². The number of benzene rings is 1. The van der Waals surface area contributed by atoms with Crippen LogP contribution >= 0.6 is 0 Å². The Morgan fingerprint density at radius 3 is 2.83 bits per heavy atom. The van der Waals surface area contributed by atoms with Crippen molar-refractivity contribution in [3.63, 3.8) is 0 Å². The molecule has 1 saturated heterocycles. The van der Waals surface area contributed by atoms with Crippen LogP contribution in [0.5, 0.6) is 11.7 Å². The molecule has 1 aromatic carbocycles. The normalized spacial score (nSPS) is 18.1. The molecule has 2 unspecified atom stereocenters. The highest BCUT2D eigenvalue weighted by Crippen LogP contribution is 2.24. The van der Waals surface area contributed by atoms with Crippen LogP contribution in [0.3, 0.4) is 0 Å². The molecule has 0 aliphatic carbocycles. The average molecular weight is 312 g/mol. The van der Waals surface area contributed by atoms with Crippen LogP contribution in [-0.2, 0) is 4.74 Å². The second-order valence-corrected chi connectivity index (χ2v) is 5.24. The zero-order chi connectivity index (χ0) is 16.1. The van der Waals surface area contributed by atoms with Gasteiger partial charge in [0.05, 0.1) is 12.7 Å². The number of hydrogen-bond acceptors (Lipinski definition) is 5. The molecule has 1 aliphatic rings. The second kappa shape index (κ2) is 6.99. The Hall–Kier alpha value is -2.78. The number of hydrogen-bond donors (Lipinski definition) is 1. The van der Waals surface area contributed by atoms with Crippen LogP contribution in [0.4, 0.5) is 0 Å². The van der Waals surface area contributed by atoms with Gasteiger partial charge in [0.15, 0.2) is 5.76 Å². The Balaban J connectivity index is 1.63. The van der Waals surface area contributed by atoms with Gasteiger partial charge in [0.2, 0.25) is 0 Å². The lowest BCUT2D eigenvalue weighted by Gasteiger charge is -2.15. The maximum absolute atomic E-state index is 12.2. The number of nitrogens with zero attached hydrogens (tertiary/aromatic N) is 1. The van der Waals surface area contributed by atoms with Gasteiger partial charge in [-0.05, 0) is 24.6 Å². The zero-order valence-electron chi connectivity index (χ0n) is 12.4. The van der Waals surface area contributed by atoms with Crippen LogP contribution < -0.4 is 10.1 Å². The number of ether oxygens (including phenoxy) is 2. The highest BCUT2D eigenvalue weighted by molar-refractivity contribution is 5.92. The zero-order valence-corrected chi connectivity index (χ0v) is 12.4. The van der Waals surface area contributed by atoms with Crippen LogP contribution in [0.2, 0.25) is 0 Å². The Labute approximate surface area is 133 Å². The molecular weight excluding hydrogens is 296 g/mol. The monoisotopic (exact) mass is 312 g/mol. The fourth-order valence-electron chi connectivity index (χ4n) is 2.39. The first-order chi connectivity index (χ1) is 11.3. The molecule has 1 fully saturated rings. The van der Waals surface area contributed by atoms with E-state index < -0.39 is 11.9 Å². The van der Waals surface area contributed by atoms with Crippen molar-refractivity contribution >= 4 is 5.91 Å². The quantitative estimate of drug-likeness (QED) is 0.917. The number of para-hydroxylation sites is 1. The standard InChI is InChI=1S/C17H16N2O4/c18-10-14(12-8-9-21-11-12)19-17(20)15-6-7-16(23-15)22-13-4-2-1-3-5-13/h1-7,12,14H,8-9,11H2,(H,19,20). The summed E-state index contributed by atoms with van der Waals surface area (Å²) in [4.78, 5) is 12.2. The van der Waals surface area contributed by atoms with Gasteiger partial charge in [0.25, 0.3) is 11.9 Å². The fourth-order valence-corrected chi connectivity index (χ4v) is 2.39. The highest BCUT2D eigenvalue weighted by Gasteiger charge is 2.28. The maximum Gasteiger partial charge on any atom is 0.290 e. The first-order valence-electron chi connectivity index (χ1n) is 7.37. The summed E-state index contributed by atoms with van der Waals surface area (Å²) in [5.41, 5.74) is 0. The molecule has 0 spiro atoms. The third kappa shape index (κ3) is 3.71. The molecule has 0 bridgehead atoms. The predicted octanol–water partition coefficient (Wildman–Crippen LogP) is 2.73. The number of furan rings is 1. The van der Waals surface area contributed by atoms with E-state index in [9.17, 15) is 10.1 Å². The summed E-state index contributed by atoms with van der Waals surface area (Å²) in [6, 6.07) is 13.7. The van der Waals surface area contributed by atoms with E-state index in [0.717, 1.165) is 6.42 Å². The van der Waals surface area contributed by atoms with E-state index in [-0.39, 0.29) is 17.6 Å². The summed E-state index contributed by atoms with van der Waals surface area (Å²) in [5.74, 6) is 0.520. The van der Waals surface area contributed by atoms with E-state index in [2.05, 4.69) is 11.4 Å². The van der Waals surface area contributed by atoms with Crippen LogP contribution in [-0.4, -0.2) is 25.2 Å². The minimum absolute atomic E-state index is 0.0129. The molecule has 2 atom stereocenters. The second-order valence-electron chi connectivity index (χ2n) is 5.24. The Kier molecular flexibility index (Phi) is 4.60. The van der Waals surface area contributed by atoms with E-state index >= 15 is 0 Å². The lowest BCUT2D eigenvalue weighted by atomic mass is 10.0. The summed E-state index contributed by atoms with van der Waals surface area (Å²) < 4.78 is 16.1. The lowest BCUT2D eigenvalue weighted by Crippen LogP contribution is -2.39. The topological polar surface area (TPSA) is 84.5 Å². The molecule has 0 radical (unpaired) electrons. The summed E-state index contributed by atoms with van der Waals surface area (Å²) in [6.07, 6.45) is 0.763. The van der Waals surface area contributed by atoms with Crippen molar-refractivity contribution in [2.24, 2.45) is 5.92 Å². The van der Waals surface area contributed by atoms with E-state index in [0.29, 0.717) is 19.0 Å². The fraction of sp³-hybridized carbons (Fsp3) is 0.294. The van der Waals surface area contributed by atoms with E-state index in [4.69, 9.17) is 13.9 Å². The van der Waals surface area contributed by atoms with Gasteiger partial charge >= 0.3 is 0 Å². The van der Waals surface area contributed by atoms with Crippen molar-refractivity contribution in [3.05, 3.63) is 48.2 Å². The largest absolute Gasteiger partial charge is 0.426 e. The van der Waals surface area contributed by atoms with Crippen LogP contribution in [0.25, 0.3) is 0 Å². The Morgan fingerprint density at radius 2 is 2.13 bits per heavy atom. The average Bonchev–Trinajstić information content (AvgIpc) is 3.25. The number of carbonyl (C=O) groups is 1. The Morgan fingerprint density at radius 1 is 1.30 bits per heavy atom. The number of nitrogens with one attached hydrogen (secondary N) is 1. The summed E-state index contributed by atoms with van der Waals surface area (Å²) >= 11 is 0. The first-order valence-corrected chi connectivity index (χ1v) is 7.37. The van der Waals surface area contributed by atoms with Crippen molar-refractivity contribution in [1.82, 2.24) is 5.32 Å². The minimum Gasteiger partial charge on any atom is -0.426 e. The molecule has 2 aromatic rings. The molecule has 1 amide bonds. The molecule has 3 rings (SSSR count). The van der Waals surface area contributed by atoms with Crippen molar-refractivity contribution in [3.8, 4) is 17.8 Å². The van der Waals surface area contributed by atoms with Crippen molar-refractivity contribution < 1.29 is 18.7 Å². The van der Waals surface area contributed by atoms with Gasteiger partial charge < -0.3 is 19.2 Å². The van der Waals surface area contributed by atoms with Crippen molar-refractivity contribution in [2.75, 3.05) is 13.2 Å². The van der Waals surface area contributed by atoms with Crippen molar-refractivity contribution in [1.29, 1.82) is 5.26 Å². The highest BCUT2D eigenvalue weighted by atomic mass is 16.6. The molecule has 2 heterocycles. The van der Waals surface area contributed by atoms with Crippen molar-refractivity contribution in [2.45, 2.75) is 12.5 Å².